The molecule has 0 aliphatic carbocycles. The number of hydrogen-bond donors (Lipinski definition) is 1. The van der Waals surface area contributed by atoms with Crippen LogP contribution in [0.1, 0.15) is 20.3 Å². The van der Waals surface area contributed by atoms with Gasteiger partial charge in [0.1, 0.15) is 11.6 Å². The molecular formula is C20H20F2N4OS. The minimum absolute atomic E-state index is 0.119. The Labute approximate surface area is 166 Å². The van der Waals surface area contributed by atoms with Gasteiger partial charge in [0, 0.05) is 18.2 Å². The predicted octanol–water partition coefficient (Wildman–Crippen LogP) is 4.22. The van der Waals surface area contributed by atoms with Gasteiger partial charge in [-0.05, 0) is 25.5 Å². The number of aromatic nitrogens is 3. The minimum Gasteiger partial charge on any atom is -0.355 e. The predicted molar refractivity (Wildman–Crippen MR) is 105 cm³/mol. The lowest BCUT2D eigenvalue weighted by Crippen LogP contribution is -2.31. The van der Waals surface area contributed by atoms with E-state index in [2.05, 4.69) is 15.5 Å². The standard InChI is InChI=1S/C20H20F2N4OS/c1-3-11-23-19(27)13(2)28-20-25-24-18(14-7-5-4-6-8-14)26(20)17-10-9-15(21)12-16(17)22/h4-10,12-13H,3,11H2,1-2H3,(H,23,27). The molecule has 5 nitrogen and oxygen atoms in total. The van der Waals surface area contributed by atoms with Crippen molar-refractivity contribution in [1.82, 2.24) is 20.1 Å². The number of thioether (sulfide) groups is 1. The first-order valence-electron chi connectivity index (χ1n) is 8.92. The molecule has 8 heteroatoms. The van der Waals surface area contributed by atoms with Crippen molar-refractivity contribution in [2.45, 2.75) is 30.7 Å². The summed E-state index contributed by atoms with van der Waals surface area (Å²) in [5.41, 5.74) is 0.850. The zero-order chi connectivity index (χ0) is 20.1. The first kappa shape index (κ1) is 20.0. The van der Waals surface area contributed by atoms with E-state index in [1.54, 1.807) is 6.92 Å². The van der Waals surface area contributed by atoms with Gasteiger partial charge < -0.3 is 5.32 Å². The van der Waals surface area contributed by atoms with Gasteiger partial charge in [0.05, 0.1) is 10.9 Å². The summed E-state index contributed by atoms with van der Waals surface area (Å²) in [6.07, 6.45) is 0.832. The zero-order valence-electron chi connectivity index (χ0n) is 15.5. The van der Waals surface area contributed by atoms with Crippen molar-refractivity contribution < 1.29 is 13.6 Å². The summed E-state index contributed by atoms with van der Waals surface area (Å²) in [6.45, 7) is 4.30. The number of hydrogen-bond acceptors (Lipinski definition) is 4. The topological polar surface area (TPSA) is 59.8 Å². The highest BCUT2D eigenvalue weighted by molar-refractivity contribution is 8.00. The van der Waals surface area contributed by atoms with Crippen molar-refractivity contribution in [3.8, 4) is 17.1 Å². The number of carbonyl (C=O) groups is 1. The van der Waals surface area contributed by atoms with Crippen LogP contribution < -0.4 is 5.32 Å². The molecule has 1 amide bonds. The molecule has 2 aromatic carbocycles. The van der Waals surface area contributed by atoms with Gasteiger partial charge in [-0.1, -0.05) is 49.0 Å². The highest BCUT2D eigenvalue weighted by Gasteiger charge is 2.23. The summed E-state index contributed by atoms with van der Waals surface area (Å²) < 4.78 is 29.5. The van der Waals surface area contributed by atoms with Gasteiger partial charge in [-0.3, -0.25) is 9.36 Å². The molecule has 0 spiro atoms. The van der Waals surface area contributed by atoms with E-state index in [0.29, 0.717) is 17.5 Å². The van der Waals surface area contributed by atoms with Crippen molar-refractivity contribution >= 4 is 17.7 Å². The third-order valence-corrected chi connectivity index (χ3v) is 5.06. The van der Waals surface area contributed by atoms with Crippen molar-refractivity contribution in [2.24, 2.45) is 0 Å². The number of amides is 1. The zero-order valence-corrected chi connectivity index (χ0v) is 16.3. The highest BCUT2D eigenvalue weighted by Crippen LogP contribution is 2.31. The van der Waals surface area contributed by atoms with E-state index in [1.165, 1.54) is 28.5 Å². The van der Waals surface area contributed by atoms with Gasteiger partial charge in [-0.2, -0.15) is 0 Å². The van der Waals surface area contributed by atoms with Crippen LogP contribution >= 0.6 is 11.8 Å². The third kappa shape index (κ3) is 4.39. The molecule has 1 aromatic heterocycles. The van der Waals surface area contributed by atoms with E-state index in [0.717, 1.165) is 18.1 Å². The van der Waals surface area contributed by atoms with Gasteiger partial charge in [-0.25, -0.2) is 8.78 Å². The van der Waals surface area contributed by atoms with Gasteiger partial charge in [0.15, 0.2) is 11.0 Å². The van der Waals surface area contributed by atoms with Gasteiger partial charge in [0.25, 0.3) is 0 Å². The molecule has 0 aliphatic heterocycles. The van der Waals surface area contributed by atoms with Crippen LogP contribution in [0.5, 0.6) is 0 Å². The number of nitrogens with zero attached hydrogens (tertiary/aromatic N) is 3. The second-order valence-corrected chi connectivity index (χ2v) is 7.46. The second kappa shape index (κ2) is 8.97. The summed E-state index contributed by atoms with van der Waals surface area (Å²) in [6, 6.07) is 12.5. The van der Waals surface area contributed by atoms with E-state index in [9.17, 15) is 13.6 Å². The number of benzene rings is 2. The summed E-state index contributed by atoms with van der Waals surface area (Å²) in [7, 11) is 0. The van der Waals surface area contributed by atoms with Crippen LogP contribution in [-0.4, -0.2) is 32.5 Å². The molecule has 0 saturated carbocycles. The molecule has 1 N–H and O–H groups in total. The Morgan fingerprint density at radius 2 is 1.93 bits per heavy atom. The van der Waals surface area contributed by atoms with E-state index in [-0.39, 0.29) is 11.6 Å². The summed E-state index contributed by atoms with van der Waals surface area (Å²) in [4.78, 5) is 12.2. The molecule has 1 atom stereocenters. The van der Waals surface area contributed by atoms with Crippen LogP contribution in [0.15, 0.2) is 53.7 Å². The molecule has 3 rings (SSSR count). The highest BCUT2D eigenvalue weighted by atomic mass is 32.2. The molecule has 1 heterocycles. The van der Waals surface area contributed by atoms with E-state index in [1.807, 2.05) is 37.3 Å². The molecule has 0 saturated heterocycles. The Kier molecular flexibility index (Phi) is 6.41. The maximum atomic E-state index is 14.5. The minimum atomic E-state index is -0.734. The van der Waals surface area contributed by atoms with Crippen molar-refractivity contribution in [3.63, 3.8) is 0 Å². The molecule has 3 aromatic rings. The normalized spacial score (nSPS) is 12.0. The molecule has 0 fully saturated rings. The molecule has 1 unspecified atom stereocenters. The monoisotopic (exact) mass is 402 g/mol. The van der Waals surface area contributed by atoms with Crippen molar-refractivity contribution in [3.05, 3.63) is 60.2 Å². The average molecular weight is 402 g/mol. The lowest BCUT2D eigenvalue weighted by atomic mass is 10.2. The van der Waals surface area contributed by atoms with E-state index < -0.39 is 16.9 Å². The van der Waals surface area contributed by atoms with Gasteiger partial charge in [0.2, 0.25) is 5.91 Å². The first-order chi connectivity index (χ1) is 13.5. The molecule has 0 bridgehead atoms. The summed E-state index contributed by atoms with van der Waals surface area (Å²) in [5, 5.41) is 11.1. The largest absolute Gasteiger partial charge is 0.355 e. The Balaban J connectivity index is 2.03. The van der Waals surface area contributed by atoms with Crippen LogP contribution in [0.4, 0.5) is 8.78 Å². The average Bonchev–Trinajstić information content (AvgIpc) is 3.10. The van der Waals surface area contributed by atoms with Crippen molar-refractivity contribution in [2.75, 3.05) is 6.54 Å². The van der Waals surface area contributed by atoms with Crippen LogP contribution in [-0.2, 0) is 4.79 Å². The first-order valence-corrected chi connectivity index (χ1v) is 9.80. The van der Waals surface area contributed by atoms with E-state index >= 15 is 0 Å². The number of nitrogens with one attached hydrogen (secondary N) is 1. The lowest BCUT2D eigenvalue weighted by Gasteiger charge is -2.14. The van der Waals surface area contributed by atoms with Gasteiger partial charge >= 0.3 is 0 Å². The van der Waals surface area contributed by atoms with Crippen LogP contribution in [0.3, 0.4) is 0 Å². The molecule has 28 heavy (non-hydrogen) atoms. The molecule has 0 radical (unpaired) electrons. The Bertz CT molecular complexity index is 962. The lowest BCUT2D eigenvalue weighted by molar-refractivity contribution is -0.120. The fourth-order valence-electron chi connectivity index (χ4n) is 2.60. The van der Waals surface area contributed by atoms with Crippen LogP contribution in [0, 0.1) is 11.6 Å². The third-order valence-electron chi connectivity index (χ3n) is 4.02. The Morgan fingerprint density at radius 3 is 2.61 bits per heavy atom. The van der Waals surface area contributed by atoms with Crippen LogP contribution in [0.2, 0.25) is 0 Å². The summed E-state index contributed by atoms with van der Waals surface area (Å²) >= 11 is 1.17. The fraction of sp³-hybridized carbons (Fsp3) is 0.250. The smallest absolute Gasteiger partial charge is 0.233 e. The maximum absolute atomic E-state index is 14.5. The van der Waals surface area contributed by atoms with E-state index in [4.69, 9.17) is 0 Å². The fourth-order valence-corrected chi connectivity index (χ4v) is 3.49. The SMILES string of the molecule is CCCNC(=O)C(C)Sc1nnc(-c2ccccc2)n1-c1ccc(F)cc1F. The number of rotatable bonds is 7. The quantitative estimate of drug-likeness (QED) is 0.601. The Hall–Kier alpha value is -2.74. The number of halogens is 2. The van der Waals surface area contributed by atoms with Crippen LogP contribution in [0.25, 0.3) is 17.1 Å². The Morgan fingerprint density at radius 1 is 1.18 bits per heavy atom. The molecule has 146 valence electrons. The van der Waals surface area contributed by atoms with Gasteiger partial charge in [-0.15, -0.1) is 10.2 Å². The summed E-state index contributed by atoms with van der Waals surface area (Å²) in [5.74, 6) is -1.13. The molecule has 0 aliphatic rings. The second-order valence-electron chi connectivity index (χ2n) is 6.15. The maximum Gasteiger partial charge on any atom is 0.233 e. The number of carbonyl (C=O) groups excluding carboxylic acids is 1. The van der Waals surface area contributed by atoms with Crippen molar-refractivity contribution in [1.29, 1.82) is 0 Å². The molecular weight excluding hydrogens is 382 g/mol.